The van der Waals surface area contributed by atoms with Gasteiger partial charge in [-0.15, -0.1) is 0 Å². The molecule has 0 unspecified atom stereocenters. The molecule has 0 radical (unpaired) electrons. The predicted molar refractivity (Wildman–Crippen MR) is 82.9 cm³/mol. The van der Waals surface area contributed by atoms with Crippen molar-refractivity contribution in [3.05, 3.63) is 60.2 Å². The van der Waals surface area contributed by atoms with Gasteiger partial charge < -0.3 is 10.7 Å². The van der Waals surface area contributed by atoms with Crippen LogP contribution in [0.2, 0.25) is 0 Å². The molecule has 0 atom stereocenters. The lowest BCUT2D eigenvalue weighted by Crippen LogP contribution is -1.92. The molecule has 0 aliphatic heterocycles. The molecule has 0 saturated carbocycles. The van der Waals surface area contributed by atoms with Crippen molar-refractivity contribution in [3.63, 3.8) is 0 Å². The van der Waals surface area contributed by atoms with Gasteiger partial charge >= 0.3 is 0 Å². The molecule has 5 nitrogen and oxygen atoms in total. The van der Waals surface area contributed by atoms with E-state index in [4.69, 9.17) is 5.73 Å². The Labute approximate surface area is 120 Å². The third kappa shape index (κ3) is 2.08. The number of aromatic amines is 1. The number of nitrogens with zero attached hydrogens (tertiary/aromatic N) is 3. The number of benzene rings is 2. The van der Waals surface area contributed by atoms with Crippen LogP contribution in [0.3, 0.4) is 0 Å². The van der Waals surface area contributed by atoms with Gasteiger partial charge in [0.25, 0.3) is 0 Å². The van der Waals surface area contributed by atoms with Crippen molar-refractivity contribution >= 4 is 27.8 Å². The number of aromatic nitrogens is 4. The summed E-state index contributed by atoms with van der Waals surface area (Å²) in [5.74, 6) is 1.27. The summed E-state index contributed by atoms with van der Waals surface area (Å²) in [6, 6.07) is 14.7. The molecule has 4 aromatic rings. The largest absolute Gasteiger partial charge is 0.382 e. The minimum absolute atomic E-state index is 0.428. The van der Waals surface area contributed by atoms with Gasteiger partial charge in [0, 0.05) is 6.42 Å². The Kier molecular flexibility index (Phi) is 2.57. The second-order valence-corrected chi connectivity index (χ2v) is 5.00. The van der Waals surface area contributed by atoms with Gasteiger partial charge in [0.05, 0.1) is 0 Å². The third-order valence-corrected chi connectivity index (χ3v) is 3.55. The van der Waals surface area contributed by atoms with Gasteiger partial charge in [-0.25, -0.2) is 15.0 Å². The van der Waals surface area contributed by atoms with Gasteiger partial charge in [-0.2, -0.15) is 0 Å². The molecule has 0 amide bonds. The maximum Gasteiger partial charge on any atom is 0.183 e. The van der Waals surface area contributed by atoms with Gasteiger partial charge in [0.15, 0.2) is 11.5 Å². The second kappa shape index (κ2) is 4.56. The lowest BCUT2D eigenvalue weighted by Gasteiger charge is -2.01. The molecule has 21 heavy (non-hydrogen) atoms. The van der Waals surface area contributed by atoms with Crippen molar-refractivity contribution in [2.24, 2.45) is 0 Å². The van der Waals surface area contributed by atoms with E-state index in [1.807, 2.05) is 12.1 Å². The first kappa shape index (κ1) is 11.8. The average Bonchev–Trinajstić information content (AvgIpc) is 2.91. The molecule has 5 heteroatoms. The Bertz CT molecular complexity index is 942. The van der Waals surface area contributed by atoms with Crippen molar-refractivity contribution in [2.45, 2.75) is 6.42 Å². The molecule has 3 N–H and O–H groups in total. The Hall–Kier alpha value is -2.95. The van der Waals surface area contributed by atoms with Crippen LogP contribution >= 0.6 is 0 Å². The van der Waals surface area contributed by atoms with E-state index in [2.05, 4.69) is 50.3 Å². The van der Waals surface area contributed by atoms with E-state index in [9.17, 15) is 0 Å². The van der Waals surface area contributed by atoms with E-state index in [0.717, 1.165) is 5.82 Å². The smallest absolute Gasteiger partial charge is 0.183 e. The van der Waals surface area contributed by atoms with Crippen molar-refractivity contribution < 1.29 is 0 Å². The molecule has 0 spiro atoms. The van der Waals surface area contributed by atoms with Crippen LogP contribution in [0, 0.1) is 0 Å². The number of hydrogen-bond donors (Lipinski definition) is 2. The number of nitrogens with one attached hydrogen (secondary N) is 1. The highest BCUT2D eigenvalue weighted by molar-refractivity contribution is 5.83. The second-order valence-electron chi connectivity index (χ2n) is 5.00. The molecule has 0 aliphatic carbocycles. The van der Waals surface area contributed by atoms with Crippen molar-refractivity contribution in [1.29, 1.82) is 0 Å². The number of fused-ring (bicyclic) bond motifs is 2. The van der Waals surface area contributed by atoms with Crippen LogP contribution in [-0.4, -0.2) is 19.9 Å². The molecule has 0 aliphatic rings. The fourth-order valence-electron chi connectivity index (χ4n) is 2.52. The van der Waals surface area contributed by atoms with E-state index in [-0.39, 0.29) is 0 Å². The molecular formula is C16H13N5. The topological polar surface area (TPSA) is 80.5 Å². The normalized spacial score (nSPS) is 11.2. The zero-order chi connectivity index (χ0) is 14.2. The summed E-state index contributed by atoms with van der Waals surface area (Å²) in [7, 11) is 0. The van der Waals surface area contributed by atoms with E-state index in [0.29, 0.717) is 23.4 Å². The molecule has 2 aromatic carbocycles. The van der Waals surface area contributed by atoms with Crippen LogP contribution < -0.4 is 5.73 Å². The number of nitrogen functional groups attached to an aromatic ring is 1. The SMILES string of the molecule is Nc1ncnc2nc(Cc3ccc4ccccc4c3)[nH]c12. The van der Waals surface area contributed by atoms with Crippen molar-refractivity contribution in [1.82, 2.24) is 19.9 Å². The van der Waals surface area contributed by atoms with Gasteiger partial charge in [-0.3, -0.25) is 0 Å². The molecule has 2 heterocycles. The molecule has 0 saturated heterocycles. The maximum absolute atomic E-state index is 5.81. The molecule has 0 fully saturated rings. The highest BCUT2D eigenvalue weighted by atomic mass is 15.0. The van der Waals surface area contributed by atoms with Gasteiger partial charge in [0.1, 0.15) is 17.7 Å². The van der Waals surface area contributed by atoms with Crippen LogP contribution in [0.5, 0.6) is 0 Å². The van der Waals surface area contributed by atoms with E-state index in [1.54, 1.807) is 0 Å². The number of nitrogens with two attached hydrogens (primary N) is 1. The molecular weight excluding hydrogens is 262 g/mol. The highest BCUT2D eigenvalue weighted by Crippen LogP contribution is 2.19. The summed E-state index contributed by atoms with van der Waals surface area (Å²) in [5, 5.41) is 2.46. The average molecular weight is 275 g/mol. The quantitative estimate of drug-likeness (QED) is 0.589. The van der Waals surface area contributed by atoms with E-state index >= 15 is 0 Å². The van der Waals surface area contributed by atoms with Crippen LogP contribution in [0.25, 0.3) is 21.9 Å². The standard InChI is InChI=1S/C16H13N5/c17-15-14-16(19-9-18-15)21-13(20-14)8-10-5-6-11-3-1-2-4-12(11)7-10/h1-7,9H,8H2,(H3,17,18,19,20,21). The lowest BCUT2D eigenvalue weighted by molar-refractivity contribution is 1.04. The Morgan fingerprint density at radius 3 is 2.71 bits per heavy atom. The summed E-state index contributed by atoms with van der Waals surface area (Å²) in [4.78, 5) is 15.7. The van der Waals surface area contributed by atoms with Gasteiger partial charge in [0.2, 0.25) is 0 Å². The minimum Gasteiger partial charge on any atom is -0.382 e. The summed E-state index contributed by atoms with van der Waals surface area (Å²) in [6.45, 7) is 0. The van der Waals surface area contributed by atoms with Crippen LogP contribution in [0.4, 0.5) is 5.82 Å². The predicted octanol–water partition coefficient (Wildman–Crippen LogP) is 2.68. The summed E-state index contributed by atoms with van der Waals surface area (Å²) >= 11 is 0. The van der Waals surface area contributed by atoms with Crippen molar-refractivity contribution in [2.75, 3.05) is 5.73 Å². The summed E-state index contributed by atoms with van der Waals surface area (Å²) in [5.41, 5.74) is 8.32. The summed E-state index contributed by atoms with van der Waals surface area (Å²) < 4.78 is 0. The van der Waals surface area contributed by atoms with E-state index in [1.165, 1.54) is 22.7 Å². The number of imidazole rings is 1. The number of H-pyrrole nitrogens is 1. The highest BCUT2D eigenvalue weighted by Gasteiger charge is 2.08. The maximum atomic E-state index is 5.81. The van der Waals surface area contributed by atoms with Crippen LogP contribution in [0.1, 0.15) is 11.4 Å². The zero-order valence-corrected chi connectivity index (χ0v) is 11.2. The third-order valence-electron chi connectivity index (χ3n) is 3.55. The first-order chi connectivity index (χ1) is 10.3. The molecule has 0 bridgehead atoms. The number of anilines is 1. The first-order valence-corrected chi connectivity index (χ1v) is 6.72. The number of rotatable bonds is 2. The lowest BCUT2D eigenvalue weighted by atomic mass is 10.1. The van der Waals surface area contributed by atoms with E-state index < -0.39 is 0 Å². The van der Waals surface area contributed by atoms with Gasteiger partial charge in [-0.05, 0) is 16.3 Å². The Balaban J connectivity index is 1.73. The Morgan fingerprint density at radius 2 is 1.86 bits per heavy atom. The fourth-order valence-corrected chi connectivity index (χ4v) is 2.52. The summed E-state index contributed by atoms with van der Waals surface area (Å²) in [6.07, 6.45) is 2.14. The van der Waals surface area contributed by atoms with Crippen LogP contribution in [0.15, 0.2) is 48.8 Å². The molecule has 102 valence electrons. The molecule has 4 rings (SSSR count). The Morgan fingerprint density at radius 1 is 1.00 bits per heavy atom. The number of hydrogen-bond acceptors (Lipinski definition) is 4. The molecule has 2 aromatic heterocycles. The van der Waals surface area contributed by atoms with Crippen LogP contribution in [-0.2, 0) is 6.42 Å². The first-order valence-electron chi connectivity index (χ1n) is 6.72. The monoisotopic (exact) mass is 275 g/mol. The van der Waals surface area contributed by atoms with Crippen molar-refractivity contribution in [3.8, 4) is 0 Å². The fraction of sp³-hybridized carbons (Fsp3) is 0.0625. The zero-order valence-electron chi connectivity index (χ0n) is 11.2. The minimum atomic E-state index is 0.428. The van der Waals surface area contributed by atoms with Gasteiger partial charge in [-0.1, -0.05) is 42.5 Å².